The van der Waals surface area contributed by atoms with Crippen LogP contribution in [0.5, 0.6) is 0 Å². The molecule has 3 nitrogen and oxygen atoms in total. The smallest absolute Gasteiger partial charge is 0.136 e. The summed E-state index contributed by atoms with van der Waals surface area (Å²) in [5, 5.41) is 17.1. The summed E-state index contributed by atoms with van der Waals surface area (Å²) in [6.07, 6.45) is 0.577. The third-order valence-corrected chi connectivity index (χ3v) is 1.15. The molecule has 3 heteroatoms. The van der Waals surface area contributed by atoms with Gasteiger partial charge in [0, 0.05) is 0 Å². The predicted molar refractivity (Wildman–Crippen MR) is 34.0 cm³/mol. The van der Waals surface area contributed by atoms with Gasteiger partial charge in [-0.25, -0.2) is 4.89 Å². The van der Waals surface area contributed by atoms with Crippen molar-refractivity contribution in [2.45, 2.75) is 25.6 Å². The van der Waals surface area contributed by atoms with E-state index in [0.29, 0.717) is 6.42 Å². The van der Waals surface area contributed by atoms with Crippen LogP contribution in [0.1, 0.15) is 13.3 Å². The van der Waals surface area contributed by atoms with Crippen molar-refractivity contribution < 1.29 is 15.3 Å². The fraction of sp³-hybridized carbons (Fsp3) is 0.667. The highest BCUT2D eigenvalue weighted by Gasteiger charge is 2.13. The average molecular weight is 132 g/mol. The van der Waals surface area contributed by atoms with Gasteiger partial charge >= 0.3 is 0 Å². The van der Waals surface area contributed by atoms with Crippen molar-refractivity contribution in [2.75, 3.05) is 0 Å². The van der Waals surface area contributed by atoms with Gasteiger partial charge in [0.2, 0.25) is 0 Å². The van der Waals surface area contributed by atoms with E-state index in [1.165, 1.54) is 6.08 Å². The molecule has 0 heterocycles. The van der Waals surface area contributed by atoms with Gasteiger partial charge in [-0.2, -0.15) is 0 Å². The van der Waals surface area contributed by atoms with Crippen LogP contribution in [0, 0.1) is 0 Å². The van der Waals surface area contributed by atoms with Crippen molar-refractivity contribution >= 4 is 0 Å². The first-order valence-electron chi connectivity index (χ1n) is 2.87. The summed E-state index contributed by atoms with van der Waals surface area (Å²) in [6.45, 7) is 5.15. The van der Waals surface area contributed by atoms with Crippen LogP contribution in [0.25, 0.3) is 0 Å². The molecule has 0 aliphatic carbocycles. The van der Waals surface area contributed by atoms with Gasteiger partial charge in [0.15, 0.2) is 0 Å². The van der Waals surface area contributed by atoms with Crippen molar-refractivity contribution in [3.63, 3.8) is 0 Å². The Balaban J connectivity index is 3.63. The zero-order valence-electron chi connectivity index (χ0n) is 5.45. The lowest BCUT2D eigenvalue weighted by molar-refractivity contribution is -0.283. The standard InChI is InChI=1S/C6H12O3/c1-3-5(7)6(4-2)9-8/h4-8H,2-3H2,1H3. The van der Waals surface area contributed by atoms with Crippen LogP contribution in [-0.4, -0.2) is 22.6 Å². The van der Waals surface area contributed by atoms with E-state index < -0.39 is 12.2 Å². The number of rotatable bonds is 4. The Morgan fingerprint density at radius 1 is 1.78 bits per heavy atom. The van der Waals surface area contributed by atoms with E-state index in [-0.39, 0.29) is 0 Å². The summed E-state index contributed by atoms with van der Waals surface area (Å²) >= 11 is 0. The largest absolute Gasteiger partial charge is 0.390 e. The topological polar surface area (TPSA) is 49.7 Å². The molecule has 0 spiro atoms. The number of aliphatic hydroxyl groups excluding tert-OH is 1. The molecule has 2 N–H and O–H groups in total. The molecule has 0 aliphatic heterocycles. The zero-order chi connectivity index (χ0) is 7.28. The summed E-state index contributed by atoms with van der Waals surface area (Å²) in [7, 11) is 0. The quantitative estimate of drug-likeness (QED) is 0.338. The monoisotopic (exact) mass is 132 g/mol. The molecule has 0 aromatic carbocycles. The lowest BCUT2D eigenvalue weighted by atomic mass is 10.1. The summed E-state index contributed by atoms with van der Waals surface area (Å²) in [5.41, 5.74) is 0. The van der Waals surface area contributed by atoms with Gasteiger partial charge in [-0.1, -0.05) is 13.0 Å². The predicted octanol–water partition coefficient (Wildman–Crippen LogP) is 0.801. The first-order chi connectivity index (χ1) is 4.26. The lowest BCUT2D eigenvalue weighted by Crippen LogP contribution is -2.24. The molecule has 0 aromatic heterocycles. The summed E-state index contributed by atoms with van der Waals surface area (Å²) < 4.78 is 0. The van der Waals surface area contributed by atoms with Crippen molar-refractivity contribution in [1.82, 2.24) is 0 Å². The van der Waals surface area contributed by atoms with Gasteiger partial charge in [-0.3, -0.25) is 5.26 Å². The maximum atomic E-state index is 8.96. The zero-order valence-corrected chi connectivity index (χ0v) is 5.45. The van der Waals surface area contributed by atoms with Crippen LogP contribution in [-0.2, 0) is 4.89 Å². The van der Waals surface area contributed by atoms with E-state index in [4.69, 9.17) is 10.4 Å². The Kier molecular flexibility index (Phi) is 4.30. The first kappa shape index (κ1) is 8.62. The number of hydrogen-bond acceptors (Lipinski definition) is 3. The van der Waals surface area contributed by atoms with Crippen LogP contribution < -0.4 is 0 Å². The molecule has 2 unspecified atom stereocenters. The minimum absolute atomic E-state index is 0.539. The van der Waals surface area contributed by atoms with E-state index in [0.717, 1.165) is 0 Å². The Bertz CT molecular complexity index is 82.4. The molecule has 0 bridgehead atoms. The normalized spacial score (nSPS) is 16.8. The molecule has 0 radical (unpaired) electrons. The van der Waals surface area contributed by atoms with Gasteiger partial charge < -0.3 is 5.11 Å². The Hall–Kier alpha value is -0.380. The SMILES string of the molecule is C=CC(OO)C(O)CC. The highest BCUT2D eigenvalue weighted by atomic mass is 17.1. The molecular formula is C6H12O3. The highest BCUT2D eigenvalue weighted by Crippen LogP contribution is 2.01. The van der Waals surface area contributed by atoms with Gasteiger partial charge in [-0.15, -0.1) is 6.58 Å². The highest BCUT2D eigenvalue weighted by molar-refractivity contribution is 4.84. The second-order valence-corrected chi connectivity index (χ2v) is 1.78. The van der Waals surface area contributed by atoms with Crippen LogP contribution in [0.15, 0.2) is 12.7 Å². The second-order valence-electron chi connectivity index (χ2n) is 1.78. The molecule has 9 heavy (non-hydrogen) atoms. The van der Waals surface area contributed by atoms with E-state index in [1.54, 1.807) is 6.92 Å². The lowest BCUT2D eigenvalue weighted by Gasteiger charge is -2.13. The minimum Gasteiger partial charge on any atom is -0.390 e. The van der Waals surface area contributed by atoms with E-state index in [1.807, 2.05) is 0 Å². The molecule has 54 valence electrons. The van der Waals surface area contributed by atoms with Crippen molar-refractivity contribution in [2.24, 2.45) is 0 Å². The summed E-state index contributed by atoms with van der Waals surface area (Å²) in [4.78, 5) is 3.88. The Morgan fingerprint density at radius 2 is 2.33 bits per heavy atom. The molecule has 0 saturated carbocycles. The molecule has 0 aliphatic rings. The Morgan fingerprint density at radius 3 is 2.44 bits per heavy atom. The van der Waals surface area contributed by atoms with Gasteiger partial charge in [-0.05, 0) is 6.42 Å². The van der Waals surface area contributed by atoms with Crippen LogP contribution in [0.3, 0.4) is 0 Å². The maximum absolute atomic E-state index is 8.96. The van der Waals surface area contributed by atoms with Crippen molar-refractivity contribution in [3.05, 3.63) is 12.7 Å². The molecule has 0 fully saturated rings. The Labute approximate surface area is 54.5 Å². The van der Waals surface area contributed by atoms with E-state index in [2.05, 4.69) is 11.5 Å². The summed E-state index contributed by atoms with van der Waals surface area (Å²) in [5.74, 6) is 0. The van der Waals surface area contributed by atoms with Crippen LogP contribution in [0.4, 0.5) is 0 Å². The van der Waals surface area contributed by atoms with E-state index >= 15 is 0 Å². The van der Waals surface area contributed by atoms with Crippen molar-refractivity contribution in [3.8, 4) is 0 Å². The molecule has 2 atom stereocenters. The van der Waals surface area contributed by atoms with Crippen molar-refractivity contribution in [1.29, 1.82) is 0 Å². The fourth-order valence-corrected chi connectivity index (χ4v) is 0.503. The molecule has 0 amide bonds. The summed E-state index contributed by atoms with van der Waals surface area (Å²) in [6, 6.07) is 0. The second kappa shape index (κ2) is 4.49. The van der Waals surface area contributed by atoms with Gasteiger partial charge in [0.1, 0.15) is 6.10 Å². The number of hydrogen-bond donors (Lipinski definition) is 2. The fourth-order valence-electron chi connectivity index (χ4n) is 0.503. The molecular weight excluding hydrogens is 120 g/mol. The van der Waals surface area contributed by atoms with Crippen LogP contribution >= 0.6 is 0 Å². The third kappa shape index (κ3) is 2.60. The molecule has 0 saturated heterocycles. The molecule has 0 rings (SSSR count). The van der Waals surface area contributed by atoms with Gasteiger partial charge in [0.25, 0.3) is 0 Å². The maximum Gasteiger partial charge on any atom is 0.136 e. The third-order valence-electron chi connectivity index (χ3n) is 1.15. The van der Waals surface area contributed by atoms with E-state index in [9.17, 15) is 0 Å². The average Bonchev–Trinajstić information content (AvgIpc) is 1.90. The number of aliphatic hydroxyl groups is 1. The minimum atomic E-state index is -0.660. The van der Waals surface area contributed by atoms with Gasteiger partial charge in [0.05, 0.1) is 6.10 Å². The molecule has 0 aromatic rings. The first-order valence-corrected chi connectivity index (χ1v) is 2.87. The van der Waals surface area contributed by atoms with Crippen LogP contribution in [0.2, 0.25) is 0 Å².